The zero-order valence-corrected chi connectivity index (χ0v) is 13.7. The Kier molecular flexibility index (Phi) is 4.80. The van der Waals surface area contributed by atoms with Gasteiger partial charge >= 0.3 is 5.97 Å². The number of aliphatic carboxylic acids is 1. The quantitative estimate of drug-likeness (QED) is 0.598. The zero-order valence-electron chi connectivity index (χ0n) is 13.7. The average Bonchev–Trinajstić information content (AvgIpc) is 3.01. The van der Waals surface area contributed by atoms with Gasteiger partial charge in [0.1, 0.15) is 11.6 Å². The summed E-state index contributed by atoms with van der Waals surface area (Å²) in [6.07, 6.45) is 3.54. The number of nitrogens with one attached hydrogen (secondary N) is 1. The van der Waals surface area contributed by atoms with Crippen molar-refractivity contribution in [2.24, 2.45) is 5.73 Å². The maximum atomic E-state index is 10.6. The van der Waals surface area contributed by atoms with Crippen LogP contribution in [-0.4, -0.2) is 44.9 Å². The lowest BCUT2D eigenvalue weighted by atomic mass is 10.1. The minimum atomic E-state index is -1.02. The second kappa shape index (κ2) is 7.18. The minimum Gasteiger partial charge on any atom is -0.482 e. The number of fused-ring (bicyclic) bond motifs is 1. The standard InChI is InChI=1S/C17H19N5O3/c1-11(18)8-19-15-5-6-22-17(21-15)14(9-20-22)12-3-2-4-13(7-12)25-10-16(23)24/h2-7,9,11H,8,10,18H2,1H3,(H,19,21)(H,23,24). The third kappa shape index (κ3) is 4.04. The SMILES string of the molecule is CC(N)CNc1ccn2ncc(-c3cccc(OCC(=O)O)c3)c2n1. The normalized spacial score (nSPS) is 12.1. The van der Waals surface area contributed by atoms with E-state index in [4.69, 9.17) is 15.6 Å². The smallest absolute Gasteiger partial charge is 0.341 e. The highest BCUT2D eigenvalue weighted by atomic mass is 16.5. The fraction of sp³-hybridized carbons (Fsp3) is 0.235. The van der Waals surface area contributed by atoms with Crippen molar-refractivity contribution in [1.29, 1.82) is 0 Å². The van der Waals surface area contributed by atoms with Crippen LogP contribution in [0, 0.1) is 0 Å². The molecular formula is C17H19N5O3. The molecule has 1 atom stereocenters. The zero-order chi connectivity index (χ0) is 17.8. The lowest BCUT2D eigenvalue weighted by Crippen LogP contribution is -2.25. The number of anilines is 1. The molecule has 1 unspecified atom stereocenters. The summed E-state index contributed by atoms with van der Waals surface area (Å²) in [7, 11) is 0. The fourth-order valence-electron chi connectivity index (χ4n) is 2.34. The highest BCUT2D eigenvalue weighted by molar-refractivity contribution is 5.78. The van der Waals surface area contributed by atoms with Crippen molar-refractivity contribution in [3.63, 3.8) is 0 Å². The molecule has 0 amide bonds. The van der Waals surface area contributed by atoms with Gasteiger partial charge in [0.15, 0.2) is 12.3 Å². The molecule has 3 rings (SSSR count). The largest absolute Gasteiger partial charge is 0.482 e. The summed E-state index contributed by atoms with van der Waals surface area (Å²) in [5.41, 5.74) is 8.11. The molecule has 1 aromatic carbocycles. The highest BCUT2D eigenvalue weighted by Gasteiger charge is 2.10. The maximum absolute atomic E-state index is 10.6. The first-order valence-electron chi connectivity index (χ1n) is 7.82. The predicted octanol–water partition coefficient (Wildman–Crippen LogP) is 1.62. The number of nitrogens with two attached hydrogens (primary N) is 1. The minimum absolute atomic E-state index is 0.0190. The number of carbonyl (C=O) groups is 1. The van der Waals surface area contributed by atoms with E-state index in [9.17, 15) is 4.79 Å². The Morgan fingerprint density at radius 1 is 1.44 bits per heavy atom. The van der Waals surface area contributed by atoms with Gasteiger partial charge < -0.3 is 20.9 Å². The van der Waals surface area contributed by atoms with Gasteiger partial charge in [0.25, 0.3) is 0 Å². The van der Waals surface area contributed by atoms with E-state index in [0.717, 1.165) is 11.1 Å². The molecule has 3 aromatic rings. The van der Waals surface area contributed by atoms with Crippen molar-refractivity contribution in [3.8, 4) is 16.9 Å². The van der Waals surface area contributed by atoms with E-state index in [1.807, 2.05) is 25.3 Å². The lowest BCUT2D eigenvalue weighted by Gasteiger charge is -2.09. The van der Waals surface area contributed by atoms with E-state index in [1.54, 1.807) is 28.9 Å². The second-order valence-corrected chi connectivity index (χ2v) is 5.71. The summed E-state index contributed by atoms with van der Waals surface area (Å²) < 4.78 is 6.91. The fourth-order valence-corrected chi connectivity index (χ4v) is 2.34. The van der Waals surface area contributed by atoms with Crippen LogP contribution >= 0.6 is 0 Å². The van der Waals surface area contributed by atoms with Gasteiger partial charge in [-0.3, -0.25) is 0 Å². The molecule has 0 spiro atoms. The van der Waals surface area contributed by atoms with E-state index in [2.05, 4.69) is 15.4 Å². The van der Waals surface area contributed by atoms with E-state index >= 15 is 0 Å². The molecule has 0 aliphatic heterocycles. The van der Waals surface area contributed by atoms with Crippen molar-refractivity contribution in [2.45, 2.75) is 13.0 Å². The van der Waals surface area contributed by atoms with Gasteiger partial charge in [-0.2, -0.15) is 5.10 Å². The van der Waals surface area contributed by atoms with E-state index < -0.39 is 5.97 Å². The molecule has 4 N–H and O–H groups in total. The molecule has 2 heterocycles. The molecule has 130 valence electrons. The molecule has 8 heteroatoms. The number of carboxylic acid groups (broad SMARTS) is 1. The molecule has 8 nitrogen and oxygen atoms in total. The highest BCUT2D eigenvalue weighted by Crippen LogP contribution is 2.27. The number of hydrogen-bond acceptors (Lipinski definition) is 6. The Bertz CT molecular complexity index is 891. The Morgan fingerprint density at radius 2 is 2.28 bits per heavy atom. The van der Waals surface area contributed by atoms with Crippen molar-refractivity contribution in [3.05, 3.63) is 42.7 Å². The van der Waals surface area contributed by atoms with Crippen molar-refractivity contribution < 1.29 is 14.6 Å². The third-order valence-corrected chi connectivity index (χ3v) is 3.48. The van der Waals surface area contributed by atoms with Crippen LogP contribution in [0.4, 0.5) is 5.82 Å². The summed E-state index contributed by atoms with van der Waals surface area (Å²) in [6.45, 7) is 2.14. The molecule has 25 heavy (non-hydrogen) atoms. The Morgan fingerprint density at radius 3 is 3.04 bits per heavy atom. The number of rotatable bonds is 7. The molecule has 0 bridgehead atoms. The van der Waals surface area contributed by atoms with Crippen LogP contribution < -0.4 is 15.8 Å². The number of hydrogen-bond donors (Lipinski definition) is 3. The number of ether oxygens (including phenoxy) is 1. The van der Waals surface area contributed by atoms with Crippen LogP contribution in [0.2, 0.25) is 0 Å². The van der Waals surface area contributed by atoms with Gasteiger partial charge in [0, 0.05) is 24.3 Å². The van der Waals surface area contributed by atoms with Gasteiger partial charge in [0.2, 0.25) is 0 Å². The number of benzene rings is 1. The first-order chi connectivity index (χ1) is 12.0. The van der Waals surface area contributed by atoms with Crippen molar-refractivity contribution >= 4 is 17.4 Å². The Labute approximate surface area is 144 Å². The van der Waals surface area contributed by atoms with Crippen LogP contribution in [0.15, 0.2) is 42.7 Å². The molecule has 0 aliphatic carbocycles. The second-order valence-electron chi connectivity index (χ2n) is 5.71. The van der Waals surface area contributed by atoms with Crippen molar-refractivity contribution in [1.82, 2.24) is 14.6 Å². The van der Waals surface area contributed by atoms with Crippen LogP contribution in [0.3, 0.4) is 0 Å². The van der Waals surface area contributed by atoms with Gasteiger partial charge in [-0.1, -0.05) is 12.1 Å². The molecule has 0 saturated carbocycles. The molecule has 2 aromatic heterocycles. The molecule has 0 fully saturated rings. The van der Waals surface area contributed by atoms with Gasteiger partial charge in [-0.25, -0.2) is 14.3 Å². The molecular weight excluding hydrogens is 322 g/mol. The monoisotopic (exact) mass is 341 g/mol. The summed E-state index contributed by atoms with van der Waals surface area (Å²) in [5, 5.41) is 16.2. The van der Waals surface area contributed by atoms with E-state index in [0.29, 0.717) is 23.8 Å². The van der Waals surface area contributed by atoms with Crippen LogP contribution in [0.25, 0.3) is 16.8 Å². The van der Waals surface area contributed by atoms with E-state index in [1.165, 1.54) is 0 Å². The van der Waals surface area contributed by atoms with Gasteiger partial charge in [-0.05, 0) is 30.7 Å². The first-order valence-corrected chi connectivity index (χ1v) is 7.82. The molecule has 0 aliphatic rings. The number of carboxylic acids is 1. The van der Waals surface area contributed by atoms with Gasteiger partial charge in [0.05, 0.1) is 6.20 Å². The summed E-state index contributed by atoms with van der Waals surface area (Å²) in [6, 6.07) is 9.02. The van der Waals surface area contributed by atoms with Crippen LogP contribution in [0.5, 0.6) is 5.75 Å². The maximum Gasteiger partial charge on any atom is 0.341 e. The lowest BCUT2D eigenvalue weighted by molar-refractivity contribution is -0.139. The average molecular weight is 341 g/mol. The summed E-state index contributed by atoms with van der Waals surface area (Å²) in [4.78, 5) is 15.2. The predicted molar refractivity (Wildman–Crippen MR) is 93.7 cm³/mol. The van der Waals surface area contributed by atoms with Crippen LogP contribution in [0.1, 0.15) is 6.92 Å². The van der Waals surface area contributed by atoms with E-state index in [-0.39, 0.29) is 12.6 Å². The Hall–Kier alpha value is -3.13. The summed E-state index contributed by atoms with van der Waals surface area (Å²) >= 11 is 0. The molecule has 0 saturated heterocycles. The molecule has 0 radical (unpaired) electrons. The van der Waals surface area contributed by atoms with Gasteiger partial charge in [-0.15, -0.1) is 0 Å². The third-order valence-electron chi connectivity index (χ3n) is 3.48. The van der Waals surface area contributed by atoms with Crippen molar-refractivity contribution in [2.75, 3.05) is 18.5 Å². The number of nitrogens with zero attached hydrogens (tertiary/aromatic N) is 3. The Balaban J connectivity index is 1.91. The topological polar surface area (TPSA) is 115 Å². The summed E-state index contributed by atoms with van der Waals surface area (Å²) in [5.74, 6) is 0.170. The van der Waals surface area contributed by atoms with Crippen LogP contribution in [-0.2, 0) is 4.79 Å². The first kappa shape index (κ1) is 16.7. The number of aromatic nitrogens is 3.